The average Bonchev–Trinajstić information content (AvgIpc) is 3.65. The molecule has 2 fully saturated rings. The van der Waals surface area contributed by atoms with E-state index in [1.807, 2.05) is 0 Å². The van der Waals surface area contributed by atoms with E-state index in [2.05, 4.69) is 44.4 Å². The van der Waals surface area contributed by atoms with Crippen molar-refractivity contribution in [3.63, 3.8) is 0 Å². The number of hydrogen-bond acceptors (Lipinski definition) is 9. The average molecular weight is 492 g/mol. The van der Waals surface area contributed by atoms with E-state index in [9.17, 15) is 4.79 Å². The van der Waals surface area contributed by atoms with Crippen LogP contribution in [0, 0.1) is 0 Å². The van der Waals surface area contributed by atoms with Gasteiger partial charge in [-0.05, 0) is 55.3 Å². The second-order valence-corrected chi connectivity index (χ2v) is 10.3. The highest BCUT2D eigenvalue weighted by Gasteiger charge is 2.26. The zero-order chi connectivity index (χ0) is 23.8. The Morgan fingerprint density at radius 3 is 2.51 bits per heavy atom. The van der Waals surface area contributed by atoms with Crippen molar-refractivity contribution in [1.82, 2.24) is 9.88 Å². The van der Waals surface area contributed by atoms with Crippen molar-refractivity contribution in [2.75, 3.05) is 48.9 Å². The molecule has 8 nitrogen and oxygen atoms in total. The summed E-state index contributed by atoms with van der Waals surface area (Å²) < 4.78 is 10.7. The molecule has 2 aromatic carbocycles. The van der Waals surface area contributed by atoms with Gasteiger partial charge in [0.1, 0.15) is 10.7 Å². The lowest BCUT2D eigenvalue weighted by molar-refractivity contribution is 0.104. The van der Waals surface area contributed by atoms with Crippen LogP contribution in [-0.2, 0) is 0 Å². The van der Waals surface area contributed by atoms with Crippen LogP contribution in [0.15, 0.2) is 42.5 Å². The molecule has 3 N–H and O–H groups in total. The normalized spacial score (nSPS) is 18.2. The Kier molecular flexibility index (Phi) is 5.95. The fraction of sp³-hybridized carbons (Fsp3) is 0.385. The number of anilines is 4. The molecule has 3 aromatic rings. The lowest BCUT2D eigenvalue weighted by atomic mass is 10.1. The minimum Gasteiger partial charge on any atom is -0.454 e. The van der Waals surface area contributed by atoms with E-state index in [4.69, 9.17) is 15.2 Å². The van der Waals surface area contributed by atoms with E-state index in [1.54, 1.807) is 18.2 Å². The van der Waals surface area contributed by atoms with Crippen LogP contribution < -0.4 is 25.4 Å². The fourth-order valence-electron chi connectivity index (χ4n) is 5.21. The molecule has 182 valence electrons. The number of nitrogen functional groups attached to an aromatic ring is 1. The molecule has 0 amide bonds. The highest BCUT2D eigenvalue weighted by molar-refractivity contribution is 7.18. The molecule has 1 aliphatic carbocycles. The van der Waals surface area contributed by atoms with Crippen molar-refractivity contribution < 1.29 is 14.3 Å². The second kappa shape index (κ2) is 9.39. The molecule has 0 atom stereocenters. The van der Waals surface area contributed by atoms with Gasteiger partial charge < -0.3 is 25.4 Å². The Hall–Kier alpha value is -3.30. The van der Waals surface area contributed by atoms with Gasteiger partial charge in [0, 0.05) is 49.2 Å². The lowest BCUT2D eigenvalue weighted by Gasteiger charge is -2.39. The largest absolute Gasteiger partial charge is 0.454 e. The topological polar surface area (TPSA) is 93.0 Å². The minimum atomic E-state index is -0.182. The maximum Gasteiger partial charge on any atom is 0.231 e. The minimum absolute atomic E-state index is 0.166. The quantitative estimate of drug-likeness (QED) is 0.487. The number of thiazole rings is 1. The summed E-state index contributed by atoms with van der Waals surface area (Å²) in [6.07, 6.45) is 5.51. The van der Waals surface area contributed by atoms with Crippen LogP contribution in [0.2, 0.25) is 0 Å². The predicted molar refractivity (Wildman–Crippen MR) is 138 cm³/mol. The van der Waals surface area contributed by atoms with Crippen molar-refractivity contribution in [3.05, 3.63) is 52.9 Å². The first-order chi connectivity index (χ1) is 17.1. The molecular weight excluding hydrogens is 462 g/mol. The summed E-state index contributed by atoms with van der Waals surface area (Å²) >= 11 is 1.25. The number of aromatic nitrogens is 1. The summed E-state index contributed by atoms with van der Waals surface area (Å²) in [4.78, 5) is 22.9. The molecule has 3 heterocycles. The van der Waals surface area contributed by atoms with Crippen LogP contribution in [0.1, 0.15) is 40.9 Å². The van der Waals surface area contributed by atoms with Gasteiger partial charge in [0.25, 0.3) is 0 Å². The van der Waals surface area contributed by atoms with Gasteiger partial charge in [-0.15, -0.1) is 0 Å². The van der Waals surface area contributed by atoms with E-state index in [-0.39, 0.29) is 18.4 Å². The van der Waals surface area contributed by atoms with Gasteiger partial charge in [-0.2, -0.15) is 0 Å². The van der Waals surface area contributed by atoms with Gasteiger partial charge in [0.2, 0.25) is 12.6 Å². The summed E-state index contributed by atoms with van der Waals surface area (Å²) in [6.45, 7) is 4.58. The summed E-state index contributed by atoms with van der Waals surface area (Å²) in [5, 5.41) is 3.88. The third-order valence-electron chi connectivity index (χ3n) is 7.13. The Morgan fingerprint density at radius 1 is 1.00 bits per heavy atom. The van der Waals surface area contributed by atoms with Crippen molar-refractivity contribution in [2.24, 2.45) is 0 Å². The van der Waals surface area contributed by atoms with Gasteiger partial charge >= 0.3 is 0 Å². The molecule has 6 rings (SSSR count). The Bertz CT molecular complexity index is 1210. The Labute approximate surface area is 208 Å². The van der Waals surface area contributed by atoms with Gasteiger partial charge in [-0.3, -0.25) is 9.69 Å². The van der Waals surface area contributed by atoms with E-state index >= 15 is 0 Å². The van der Waals surface area contributed by atoms with Crippen LogP contribution in [0.5, 0.6) is 11.5 Å². The maximum atomic E-state index is 13.0. The molecule has 0 bridgehead atoms. The number of nitrogens with zero attached hydrogens (tertiary/aromatic N) is 3. The van der Waals surface area contributed by atoms with Crippen LogP contribution >= 0.6 is 11.3 Å². The van der Waals surface area contributed by atoms with E-state index < -0.39 is 0 Å². The van der Waals surface area contributed by atoms with Crippen LogP contribution in [0.25, 0.3) is 0 Å². The molecule has 1 aromatic heterocycles. The molecule has 3 aliphatic rings. The first-order valence-corrected chi connectivity index (χ1v) is 13.0. The number of carbonyl (C=O) groups excluding carboxylic acids is 1. The SMILES string of the molecule is Nc1nc(Nc2ccc(N3CCN(C4CCCC4)CC3)cc2)sc1C(=O)c1ccc2c(c1)OCO2. The number of ketones is 1. The zero-order valence-corrected chi connectivity index (χ0v) is 20.4. The molecule has 2 aliphatic heterocycles. The molecule has 0 unspecified atom stereocenters. The Balaban J connectivity index is 1.09. The van der Waals surface area contributed by atoms with Crippen LogP contribution in [0.3, 0.4) is 0 Å². The first-order valence-electron chi connectivity index (χ1n) is 12.2. The summed E-state index contributed by atoms with van der Waals surface area (Å²) in [5.74, 6) is 1.24. The van der Waals surface area contributed by atoms with Gasteiger partial charge in [-0.25, -0.2) is 4.98 Å². The number of carbonyl (C=O) groups is 1. The third-order valence-corrected chi connectivity index (χ3v) is 8.12. The van der Waals surface area contributed by atoms with Crippen molar-refractivity contribution >= 4 is 39.4 Å². The molecule has 0 radical (unpaired) electrons. The highest BCUT2D eigenvalue weighted by Crippen LogP contribution is 2.35. The number of benzene rings is 2. The summed E-state index contributed by atoms with van der Waals surface area (Å²) in [7, 11) is 0. The van der Waals surface area contributed by atoms with Crippen LogP contribution in [-0.4, -0.2) is 54.7 Å². The number of nitrogens with one attached hydrogen (secondary N) is 1. The number of hydrogen-bond donors (Lipinski definition) is 2. The van der Waals surface area contributed by atoms with Crippen molar-refractivity contribution in [2.45, 2.75) is 31.7 Å². The van der Waals surface area contributed by atoms with Gasteiger partial charge in [-0.1, -0.05) is 24.2 Å². The number of fused-ring (bicyclic) bond motifs is 1. The zero-order valence-electron chi connectivity index (χ0n) is 19.5. The number of ether oxygens (including phenoxy) is 2. The fourth-order valence-corrected chi connectivity index (χ4v) is 6.08. The first kappa shape index (κ1) is 22.2. The standard InChI is InChI=1S/C26H29N5O3S/c27-25-24(23(32)17-5-10-21-22(15-17)34-16-33-21)35-26(29-25)28-18-6-8-20(9-7-18)31-13-11-30(12-14-31)19-3-1-2-4-19/h5-10,15,19H,1-4,11-14,16,27H2,(H,28,29). The van der Waals surface area contributed by atoms with Crippen molar-refractivity contribution in [1.29, 1.82) is 0 Å². The third kappa shape index (κ3) is 4.53. The maximum absolute atomic E-state index is 13.0. The molecule has 1 saturated carbocycles. The van der Waals surface area contributed by atoms with E-state index in [0.717, 1.165) is 37.9 Å². The Morgan fingerprint density at radius 2 is 1.74 bits per heavy atom. The molecule has 0 spiro atoms. The number of rotatable bonds is 6. The summed E-state index contributed by atoms with van der Waals surface area (Å²) in [5.41, 5.74) is 8.74. The number of nitrogens with two attached hydrogens (primary N) is 1. The van der Waals surface area contributed by atoms with Gasteiger partial charge in [0.05, 0.1) is 0 Å². The molecule has 35 heavy (non-hydrogen) atoms. The van der Waals surface area contributed by atoms with Crippen molar-refractivity contribution in [3.8, 4) is 11.5 Å². The van der Waals surface area contributed by atoms with E-state index in [1.165, 1.54) is 42.7 Å². The number of piperazine rings is 1. The van der Waals surface area contributed by atoms with Crippen LogP contribution in [0.4, 0.5) is 22.3 Å². The van der Waals surface area contributed by atoms with Gasteiger partial charge in [0.15, 0.2) is 16.6 Å². The molecule has 1 saturated heterocycles. The summed E-state index contributed by atoms with van der Waals surface area (Å²) in [6, 6.07) is 14.3. The second-order valence-electron chi connectivity index (χ2n) is 9.26. The lowest BCUT2D eigenvalue weighted by Crippen LogP contribution is -2.49. The highest BCUT2D eigenvalue weighted by atomic mass is 32.1. The predicted octanol–water partition coefficient (Wildman–Crippen LogP) is 4.49. The molecule has 9 heteroatoms. The van der Waals surface area contributed by atoms with E-state index in [0.29, 0.717) is 27.1 Å². The molecular formula is C26H29N5O3S. The smallest absolute Gasteiger partial charge is 0.231 e. The monoisotopic (exact) mass is 491 g/mol.